The average molecular weight is 870 g/mol. The van der Waals surface area contributed by atoms with Gasteiger partial charge in [-0.15, -0.1) is 6.58 Å². The molecular formula is C44H51F4N5O7S. The second-order valence-electron chi connectivity index (χ2n) is 16.7. The Bertz CT molecular complexity index is 2450. The molecule has 5 N–H and O–H groups in total. The van der Waals surface area contributed by atoms with E-state index in [0.717, 1.165) is 41.1 Å². The standard InChI is InChI=1S/C18H23F4N3O2.C16H13NO2.C10H15NO3S/c1-17(2,3)14(16(27)25-6-4-5-13(25)15(23)26)24-12-8-10(18(20,21)22)7-11(19)9-12;1-19-12-7-8-13-15(9-12)17-14(10-16(13)18)11-5-3-2-4-6-11;1-3-7-6-8(7)9(12)11-15(13,14)10(2)4-5-10/h7-9,13-14,24H,4-6H2,1-3H3,(H2,23,26);2-10H,1H3,(H,17,18);3,7-8H,1,4-6H2,2H3,(H,11,12). The lowest BCUT2D eigenvalue weighted by atomic mass is 9.85. The Morgan fingerprint density at radius 3 is 2.26 bits per heavy atom. The van der Waals surface area contributed by atoms with Crippen LogP contribution in [0.1, 0.15) is 65.4 Å². The number of hydrogen-bond acceptors (Lipinski definition) is 8. The monoisotopic (exact) mass is 869 g/mol. The average Bonchev–Trinajstić information content (AvgIpc) is 4.11. The minimum absolute atomic E-state index is 0.00950. The number of nitrogens with two attached hydrogens (primary N) is 1. The van der Waals surface area contributed by atoms with E-state index in [0.29, 0.717) is 43.7 Å². The number of nitrogens with one attached hydrogen (secondary N) is 3. The summed E-state index contributed by atoms with van der Waals surface area (Å²) in [6, 6.07) is 17.1. The van der Waals surface area contributed by atoms with E-state index in [9.17, 15) is 45.2 Å². The van der Waals surface area contributed by atoms with E-state index in [1.54, 1.807) is 59.1 Å². The van der Waals surface area contributed by atoms with Crippen molar-refractivity contribution in [1.82, 2.24) is 14.6 Å². The zero-order chi connectivity index (χ0) is 45.1. The first-order valence-corrected chi connectivity index (χ1v) is 21.2. The van der Waals surface area contributed by atoms with Crippen LogP contribution in [0.25, 0.3) is 22.2 Å². The lowest BCUT2D eigenvalue weighted by molar-refractivity contribution is -0.139. The second kappa shape index (κ2) is 18.1. The highest BCUT2D eigenvalue weighted by atomic mass is 32.2. The van der Waals surface area contributed by atoms with Gasteiger partial charge in [-0.2, -0.15) is 13.2 Å². The fraction of sp³-hybridized carbons (Fsp3) is 0.409. The van der Waals surface area contributed by atoms with Crippen LogP contribution in [0, 0.1) is 23.1 Å². The molecule has 4 atom stereocenters. The van der Waals surface area contributed by atoms with Gasteiger partial charge >= 0.3 is 6.18 Å². The number of carbonyl (C=O) groups is 3. The highest BCUT2D eigenvalue weighted by Crippen LogP contribution is 2.44. The number of amides is 3. The van der Waals surface area contributed by atoms with Gasteiger partial charge in [0, 0.05) is 41.4 Å². The van der Waals surface area contributed by atoms with Gasteiger partial charge in [0.05, 0.1) is 22.9 Å². The third-order valence-electron chi connectivity index (χ3n) is 11.0. The van der Waals surface area contributed by atoms with Crippen molar-refractivity contribution in [2.75, 3.05) is 19.0 Å². The van der Waals surface area contributed by atoms with Gasteiger partial charge in [-0.3, -0.25) is 23.9 Å². The first-order valence-electron chi connectivity index (χ1n) is 19.7. The zero-order valence-electron chi connectivity index (χ0n) is 34.6. The first-order chi connectivity index (χ1) is 28.5. The van der Waals surface area contributed by atoms with Crippen LogP contribution in [0.15, 0.2) is 90.2 Å². The minimum atomic E-state index is -4.72. The molecule has 2 aliphatic carbocycles. The van der Waals surface area contributed by atoms with Crippen LogP contribution in [-0.2, 0) is 30.6 Å². The highest BCUT2D eigenvalue weighted by molar-refractivity contribution is 7.91. The van der Waals surface area contributed by atoms with Crippen LogP contribution in [0.5, 0.6) is 5.75 Å². The summed E-state index contributed by atoms with van der Waals surface area (Å²) in [7, 11) is -1.84. The fourth-order valence-electron chi connectivity index (χ4n) is 6.83. The van der Waals surface area contributed by atoms with Gasteiger partial charge < -0.3 is 25.7 Å². The van der Waals surface area contributed by atoms with Crippen molar-refractivity contribution in [1.29, 1.82) is 0 Å². The van der Waals surface area contributed by atoms with E-state index in [2.05, 4.69) is 21.6 Å². The summed E-state index contributed by atoms with van der Waals surface area (Å²) in [5.74, 6) is -1.81. The molecule has 1 saturated heterocycles. The molecule has 3 fully saturated rings. The molecule has 1 aromatic heterocycles. The van der Waals surface area contributed by atoms with Gasteiger partial charge in [0.15, 0.2) is 5.43 Å². The Hall–Kier alpha value is -5.71. The number of likely N-dealkylation sites (tertiary alicyclic amines) is 1. The molecule has 2 heterocycles. The molecule has 2 saturated carbocycles. The van der Waals surface area contributed by atoms with Gasteiger partial charge in [-0.1, -0.05) is 57.2 Å². The number of aromatic amines is 1. The number of hydrogen-bond donors (Lipinski definition) is 4. The van der Waals surface area contributed by atoms with Crippen LogP contribution < -0.4 is 25.9 Å². The van der Waals surface area contributed by atoms with Crippen molar-refractivity contribution in [2.45, 2.75) is 82.8 Å². The number of fused-ring (bicyclic) bond motifs is 1. The topological polar surface area (TPSA) is 181 Å². The third-order valence-corrected chi connectivity index (χ3v) is 13.1. The molecule has 61 heavy (non-hydrogen) atoms. The molecule has 0 bridgehead atoms. The number of allylic oxidation sites excluding steroid dienone is 1. The molecule has 328 valence electrons. The molecule has 12 nitrogen and oxygen atoms in total. The lowest BCUT2D eigenvalue weighted by Crippen LogP contribution is -2.53. The lowest BCUT2D eigenvalue weighted by Gasteiger charge is -2.35. The molecule has 0 radical (unpaired) electrons. The molecule has 3 aromatic carbocycles. The summed E-state index contributed by atoms with van der Waals surface area (Å²) in [6.07, 6.45) is 0.0455. The van der Waals surface area contributed by atoms with Crippen molar-refractivity contribution < 1.29 is 45.1 Å². The molecule has 3 aliphatic rings. The van der Waals surface area contributed by atoms with E-state index in [-0.39, 0.29) is 28.9 Å². The smallest absolute Gasteiger partial charge is 0.416 e. The number of rotatable bonds is 10. The number of anilines is 1. The highest BCUT2D eigenvalue weighted by Gasteiger charge is 2.52. The van der Waals surface area contributed by atoms with Crippen LogP contribution in [0.4, 0.5) is 23.2 Å². The quantitative estimate of drug-likeness (QED) is 0.0958. The number of nitrogens with zero attached hydrogens (tertiary/aromatic N) is 1. The van der Waals surface area contributed by atoms with Gasteiger partial charge in [-0.25, -0.2) is 12.8 Å². The number of primary amides is 1. The first kappa shape index (κ1) is 46.4. The summed E-state index contributed by atoms with van der Waals surface area (Å²) < 4.78 is 82.5. The Morgan fingerprint density at radius 2 is 1.70 bits per heavy atom. The number of alkyl halides is 3. The van der Waals surface area contributed by atoms with Crippen LogP contribution in [0.2, 0.25) is 0 Å². The maximum Gasteiger partial charge on any atom is 0.416 e. The summed E-state index contributed by atoms with van der Waals surface area (Å²) in [4.78, 5) is 52.9. The Morgan fingerprint density at radius 1 is 1.03 bits per heavy atom. The third kappa shape index (κ3) is 11.4. The zero-order valence-corrected chi connectivity index (χ0v) is 35.4. The van der Waals surface area contributed by atoms with Gasteiger partial charge in [0.1, 0.15) is 23.7 Å². The number of sulfonamides is 1. The van der Waals surface area contributed by atoms with Crippen molar-refractivity contribution in [3.8, 4) is 17.0 Å². The normalized spacial score (nSPS) is 19.6. The largest absolute Gasteiger partial charge is 0.497 e. The fourth-order valence-corrected chi connectivity index (χ4v) is 8.13. The van der Waals surface area contributed by atoms with E-state index in [1.165, 1.54) is 4.90 Å². The Kier molecular flexibility index (Phi) is 13.8. The predicted molar refractivity (Wildman–Crippen MR) is 225 cm³/mol. The number of benzene rings is 3. The van der Waals surface area contributed by atoms with E-state index >= 15 is 0 Å². The van der Waals surface area contributed by atoms with Crippen LogP contribution in [0.3, 0.4) is 0 Å². The molecule has 1 aliphatic heterocycles. The molecule has 0 spiro atoms. The number of methoxy groups -OCH3 is 1. The van der Waals surface area contributed by atoms with Gasteiger partial charge in [0.25, 0.3) is 0 Å². The number of aromatic nitrogens is 1. The molecule has 4 unspecified atom stereocenters. The number of ether oxygens (including phenoxy) is 1. The number of pyridine rings is 1. The van der Waals surface area contributed by atoms with E-state index < -0.39 is 61.6 Å². The van der Waals surface area contributed by atoms with Crippen molar-refractivity contribution in [2.24, 2.45) is 23.0 Å². The summed E-state index contributed by atoms with van der Waals surface area (Å²) >= 11 is 0. The maximum atomic E-state index is 13.7. The summed E-state index contributed by atoms with van der Waals surface area (Å²) in [5.41, 5.74) is 5.91. The Labute approximate surface area is 352 Å². The van der Waals surface area contributed by atoms with Crippen LogP contribution in [-0.4, -0.2) is 66.5 Å². The number of H-pyrrole nitrogens is 1. The second-order valence-corrected chi connectivity index (χ2v) is 18.9. The van der Waals surface area contributed by atoms with E-state index in [4.69, 9.17) is 10.5 Å². The van der Waals surface area contributed by atoms with Crippen molar-refractivity contribution in [3.63, 3.8) is 0 Å². The molecule has 3 amide bonds. The Balaban J connectivity index is 0.000000181. The van der Waals surface area contributed by atoms with Gasteiger partial charge in [-0.05, 0) is 86.3 Å². The van der Waals surface area contributed by atoms with Gasteiger partial charge in [0.2, 0.25) is 27.7 Å². The molecule has 17 heteroatoms. The van der Waals surface area contributed by atoms with E-state index in [1.807, 2.05) is 36.4 Å². The molecule has 4 aromatic rings. The number of halogens is 4. The number of carbonyl (C=O) groups excluding carboxylic acids is 3. The van der Waals surface area contributed by atoms with Crippen molar-refractivity contribution in [3.05, 3.63) is 107 Å². The summed E-state index contributed by atoms with van der Waals surface area (Å²) in [5, 5.41) is 3.39. The summed E-state index contributed by atoms with van der Waals surface area (Å²) in [6.45, 7) is 10.8. The molecular weight excluding hydrogens is 819 g/mol. The molecule has 7 rings (SSSR count). The predicted octanol–water partition coefficient (Wildman–Crippen LogP) is 7.16. The SMILES string of the molecule is C=CC1CC1C(=O)NS(=O)(=O)C1(C)CC1.CC(C)(C)C(Nc1cc(F)cc(C(F)(F)F)c1)C(=O)N1CCCC1C(N)=O.COc1ccc2c(=O)cc(-c3ccccc3)[nH]c2c1. The minimum Gasteiger partial charge on any atom is -0.497 e. The van der Waals surface area contributed by atoms with Crippen LogP contribution >= 0.6 is 0 Å². The maximum absolute atomic E-state index is 13.7. The van der Waals surface area contributed by atoms with Crippen molar-refractivity contribution >= 4 is 44.3 Å².